The first kappa shape index (κ1) is 12.9. The van der Waals surface area contributed by atoms with E-state index in [0.717, 1.165) is 25.2 Å². The monoisotopic (exact) mass is 278 g/mol. The smallest absolute Gasteiger partial charge is 0.253 e. The molecule has 1 aromatic carbocycles. The number of fused-ring (bicyclic) bond motifs is 2. The molecule has 2 heterocycles. The van der Waals surface area contributed by atoms with Crippen LogP contribution in [0.2, 0.25) is 5.02 Å². The molecule has 102 valence electrons. The summed E-state index contributed by atoms with van der Waals surface area (Å²) in [5, 5.41) is 0.673. The van der Waals surface area contributed by atoms with E-state index in [9.17, 15) is 4.79 Å². The molecule has 4 heteroatoms. The summed E-state index contributed by atoms with van der Waals surface area (Å²) >= 11 is 5.87. The maximum atomic E-state index is 12.5. The molecule has 0 saturated carbocycles. The lowest BCUT2D eigenvalue weighted by atomic mass is 9.86. The number of likely N-dealkylation sites (N-methyl/N-ethyl adjacent to an activating group) is 1. The molecular formula is C15H19ClN2O. The van der Waals surface area contributed by atoms with E-state index in [1.807, 2.05) is 17.0 Å². The zero-order chi connectivity index (χ0) is 13.4. The number of likely N-dealkylation sites (tertiary alicyclic amines) is 2. The molecular weight excluding hydrogens is 260 g/mol. The van der Waals surface area contributed by atoms with Crippen LogP contribution in [0.25, 0.3) is 0 Å². The number of rotatable bonds is 1. The summed E-state index contributed by atoms with van der Waals surface area (Å²) in [5.41, 5.74) is 0.743. The normalized spacial score (nSPS) is 27.4. The van der Waals surface area contributed by atoms with E-state index in [2.05, 4.69) is 11.9 Å². The van der Waals surface area contributed by atoms with Gasteiger partial charge in [0.15, 0.2) is 0 Å². The van der Waals surface area contributed by atoms with E-state index in [-0.39, 0.29) is 5.91 Å². The zero-order valence-corrected chi connectivity index (χ0v) is 11.9. The van der Waals surface area contributed by atoms with Gasteiger partial charge in [-0.3, -0.25) is 4.79 Å². The zero-order valence-electron chi connectivity index (χ0n) is 11.2. The van der Waals surface area contributed by atoms with Crippen molar-refractivity contribution in [3.05, 3.63) is 34.9 Å². The highest BCUT2D eigenvalue weighted by atomic mass is 35.5. The van der Waals surface area contributed by atoms with Gasteiger partial charge in [0, 0.05) is 29.7 Å². The predicted octanol–water partition coefficient (Wildman–Crippen LogP) is 2.51. The van der Waals surface area contributed by atoms with Gasteiger partial charge in [0.2, 0.25) is 0 Å². The van der Waals surface area contributed by atoms with Crippen LogP contribution in [0.5, 0.6) is 0 Å². The van der Waals surface area contributed by atoms with Crippen LogP contribution in [0.1, 0.15) is 23.2 Å². The van der Waals surface area contributed by atoms with E-state index in [1.54, 1.807) is 12.1 Å². The van der Waals surface area contributed by atoms with Crippen LogP contribution in [0, 0.1) is 5.92 Å². The molecule has 1 amide bonds. The highest BCUT2D eigenvalue weighted by molar-refractivity contribution is 6.30. The van der Waals surface area contributed by atoms with Gasteiger partial charge in [-0.2, -0.15) is 0 Å². The Morgan fingerprint density at radius 2 is 2.00 bits per heavy atom. The highest BCUT2D eigenvalue weighted by Gasteiger charge is 2.35. The van der Waals surface area contributed by atoms with Crippen molar-refractivity contribution in [1.82, 2.24) is 9.80 Å². The molecule has 1 aromatic rings. The van der Waals surface area contributed by atoms with E-state index in [1.165, 1.54) is 12.8 Å². The molecule has 2 aliphatic heterocycles. The number of nitrogens with zero attached hydrogens (tertiary/aromatic N) is 2. The number of hydrogen-bond donors (Lipinski definition) is 0. The van der Waals surface area contributed by atoms with Gasteiger partial charge < -0.3 is 9.80 Å². The Kier molecular flexibility index (Phi) is 3.50. The quantitative estimate of drug-likeness (QED) is 0.788. The van der Waals surface area contributed by atoms with Crippen LogP contribution >= 0.6 is 11.6 Å². The minimum absolute atomic E-state index is 0.140. The first-order valence-corrected chi connectivity index (χ1v) is 7.26. The van der Waals surface area contributed by atoms with Gasteiger partial charge in [-0.15, -0.1) is 0 Å². The van der Waals surface area contributed by atoms with Gasteiger partial charge in [-0.1, -0.05) is 11.6 Å². The molecule has 0 aromatic heterocycles. The van der Waals surface area contributed by atoms with Gasteiger partial charge in [-0.25, -0.2) is 0 Å². The lowest BCUT2D eigenvalue weighted by Gasteiger charge is -2.46. The topological polar surface area (TPSA) is 23.6 Å². The van der Waals surface area contributed by atoms with Crippen LogP contribution in [-0.2, 0) is 0 Å². The number of piperidine rings is 2. The molecule has 0 N–H and O–H groups in total. The summed E-state index contributed by atoms with van der Waals surface area (Å²) in [6.45, 7) is 2.93. The Morgan fingerprint density at radius 1 is 1.26 bits per heavy atom. The fraction of sp³-hybridized carbons (Fsp3) is 0.533. The Bertz CT molecular complexity index is 474. The second-order valence-corrected chi connectivity index (χ2v) is 6.18. The summed E-state index contributed by atoms with van der Waals surface area (Å²) in [6, 6.07) is 7.73. The molecule has 0 unspecified atom stereocenters. The van der Waals surface area contributed by atoms with Crippen molar-refractivity contribution >= 4 is 17.5 Å². The molecule has 0 spiro atoms. The van der Waals surface area contributed by atoms with Gasteiger partial charge in [0.25, 0.3) is 5.91 Å². The van der Waals surface area contributed by atoms with E-state index in [0.29, 0.717) is 17.0 Å². The maximum Gasteiger partial charge on any atom is 0.253 e. The third-order valence-electron chi connectivity index (χ3n) is 4.41. The number of hydrogen-bond acceptors (Lipinski definition) is 2. The molecule has 0 aliphatic carbocycles. The number of carbonyl (C=O) groups is 1. The Morgan fingerprint density at radius 3 is 2.74 bits per heavy atom. The molecule has 2 aliphatic rings. The molecule has 3 rings (SSSR count). The van der Waals surface area contributed by atoms with Gasteiger partial charge in [0.05, 0.1) is 0 Å². The van der Waals surface area contributed by atoms with Crippen LogP contribution < -0.4 is 0 Å². The van der Waals surface area contributed by atoms with E-state index in [4.69, 9.17) is 11.6 Å². The van der Waals surface area contributed by atoms with Crippen LogP contribution in [-0.4, -0.2) is 48.4 Å². The summed E-state index contributed by atoms with van der Waals surface area (Å²) in [4.78, 5) is 16.9. The van der Waals surface area contributed by atoms with Crippen molar-refractivity contribution in [2.24, 2.45) is 5.92 Å². The molecule has 19 heavy (non-hydrogen) atoms. The molecule has 2 fully saturated rings. The number of benzene rings is 1. The van der Waals surface area contributed by atoms with Gasteiger partial charge >= 0.3 is 0 Å². The lowest BCUT2D eigenvalue weighted by Crippen LogP contribution is -2.55. The van der Waals surface area contributed by atoms with Crippen molar-refractivity contribution in [3.8, 4) is 0 Å². The SMILES string of the molecule is CN1CC[C@H]2C[C@@H]1CN(C(=O)c1ccc(Cl)cc1)C2. The van der Waals surface area contributed by atoms with Crippen molar-refractivity contribution in [1.29, 1.82) is 0 Å². The largest absolute Gasteiger partial charge is 0.337 e. The maximum absolute atomic E-state index is 12.5. The van der Waals surface area contributed by atoms with Crippen molar-refractivity contribution in [2.45, 2.75) is 18.9 Å². The summed E-state index contributed by atoms with van der Waals surface area (Å²) in [6.07, 6.45) is 2.44. The standard InChI is InChI=1S/C15H19ClN2O/c1-17-7-6-11-8-14(17)10-18(9-11)15(19)12-2-4-13(16)5-3-12/h2-5,11,14H,6-10H2,1H3/t11-,14+/m0/s1. The molecule has 2 bridgehead atoms. The minimum Gasteiger partial charge on any atom is -0.337 e. The van der Waals surface area contributed by atoms with E-state index < -0.39 is 0 Å². The Hall–Kier alpha value is -1.06. The Labute approximate surface area is 119 Å². The highest BCUT2D eigenvalue weighted by Crippen LogP contribution is 2.28. The third kappa shape index (κ3) is 2.63. The molecule has 2 saturated heterocycles. The minimum atomic E-state index is 0.140. The van der Waals surface area contributed by atoms with Crippen molar-refractivity contribution in [2.75, 3.05) is 26.7 Å². The summed E-state index contributed by atoms with van der Waals surface area (Å²) < 4.78 is 0. The average Bonchev–Trinajstić information content (AvgIpc) is 2.43. The molecule has 3 nitrogen and oxygen atoms in total. The number of halogens is 1. The average molecular weight is 279 g/mol. The third-order valence-corrected chi connectivity index (χ3v) is 4.66. The fourth-order valence-electron chi connectivity index (χ4n) is 3.21. The van der Waals surface area contributed by atoms with Gasteiger partial charge in [-0.05, 0) is 56.6 Å². The number of amides is 1. The molecule has 0 radical (unpaired) electrons. The predicted molar refractivity (Wildman–Crippen MR) is 76.5 cm³/mol. The fourth-order valence-corrected chi connectivity index (χ4v) is 3.34. The number of carbonyl (C=O) groups excluding carboxylic acids is 1. The first-order valence-electron chi connectivity index (χ1n) is 6.88. The Balaban J connectivity index is 1.75. The van der Waals surface area contributed by atoms with Crippen LogP contribution in [0.15, 0.2) is 24.3 Å². The van der Waals surface area contributed by atoms with Crippen molar-refractivity contribution in [3.63, 3.8) is 0 Å². The van der Waals surface area contributed by atoms with Crippen molar-refractivity contribution < 1.29 is 4.79 Å². The summed E-state index contributed by atoms with van der Waals surface area (Å²) in [7, 11) is 2.16. The first-order chi connectivity index (χ1) is 9.13. The lowest BCUT2D eigenvalue weighted by molar-refractivity contribution is 0.0292. The van der Waals surface area contributed by atoms with Crippen LogP contribution in [0.3, 0.4) is 0 Å². The summed E-state index contributed by atoms with van der Waals surface area (Å²) in [5.74, 6) is 0.813. The second-order valence-electron chi connectivity index (χ2n) is 5.74. The molecule has 2 atom stereocenters. The van der Waals surface area contributed by atoms with E-state index >= 15 is 0 Å². The second kappa shape index (κ2) is 5.14. The van der Waals surface area contributed by atoms with Crippen LogP contribution in [0.4, 0.5) is 0 Å². The van der Waals surface area contributed by atoms with Gasteiger partial charge in [0.1, 0.15) is 0 Å².